The van der Waals surface area contributed by atoms with E-state index in [0.717, 1.165) is 15.9 Å². The molecule has 1 aromatic heterocycles. The van der Waals surface area contributed by atoms with Gasteiger partial charge in [0.1, 0.15) is 0 Å². The minimum atomic E-state index is -4.59. The third kappa shape index (κ3) is 3.68. The lowest BCUT2D eigenvalue weighted by Gasteiger charge is -2.15. The molecule has 1 heterocycles. The first-order valence-corrected chi connectivity index (χ1v) is 5.66. The van der Waals surface area contributed by atoms with Crippen molar-refractivity contribution in [3.8, 4) is 0 Å². The summed E-state index contributed by atoms with van der Waals surface area (Å²) in [6.07, 6.45) is -6.94. The van der Waals surface area contributed by atoms with E-state index in [9.17, 15) is 13.2 Å². The van der Waals surface area contributed by atoms with Gasteiger partial charge >= 0.3 is 6.18 Å². The van der Waals surface area contributed by atoms with Crippen molar-refractivity contribution in [1.82, 2.24) is 15.1 Å². The van der Waals surface area contributed by atoms with Gasteiger partial charge in [-0.2, -0.15) is 18.3 Å². The van der Waals surface area contributed by atoms with Crippen molar-refractivity contribution >= 4 is 15.9 Å². The molecule has 4 nitrogen and oxygen atoms in total. The van der Waals surface area contributed by atoms with E-state index in [1.807, 2.05) is 0 Å². The first kappa shape index (κ1) is 14.5. The molecule has 1 rings (SSSR count). The summed E-state index contributed by atoms with van der Waals surface area (Å²) < 4.78 is 38.4. The largest absolute Gasteiger partial charge is 0.415 e. The van der Waals surface area contributed by atoms with Gasteiger partial charge in [0.25, 0.3) is 0 Å². The average Bonchev–Trinajstić information content (AvgIpc) is 2.42. The second kappa shape index (κ2) is 5.36. The van der Waals surface area contributed by atoms with Crippen LogP contribution < -0.4 is 5.32 Å². The number of halogens is 4. The molecule has 2 N–H and O–H groups in total. The number of hydrogen-bond acceptors (Lipinski definition) is 3. The Hall–Kier alpha value is -0.600. The molecule has 0 aliphatic rings. The molecule has 17 heavy (non-hydrogen) atoms. The molecule has 0 saturated carbocycles. The highest BCUT2D eigenvalue weighted by Gasteiger charge is 2.37. The lowest BCUT2D eigenvalue weighted by Crippen LogP contribution is -2.38. The van der Waals surface area contributed by atoms with E-state index in [1.54, 1.807) is 18.7 Å². The van der Waals surface area contributed by atoms with Crippen LogP contribution in [0.15, 0.2) is 4.47 Å². The molecule has 0 bridgehead atoms. The summed E-state index contributed by atoms with van der Waals surface area (Å²) in [5.41, 5.74) is 1.50. The van der Waals surface area contributed by atoms with Gasteiger partial charge in [-0.1, -0.05) is 0 Å². The highest BCUT2D eigenvalue weighted by atomic mass is 79.9. The molecule has 1 aromatic rings. The second-order valence-corrected chi connectivity index (χ2v) is 4.45. The van der Waals surface area contributed by atoms with Crippen LogP contribution in [0.2, 0.25) is 0 Å². The van der Waals surface area contributed by atoms with E-state index in [4.69, 9.17) is 5.11 Å². The minimum absolute atomic E-state index is 0.199. The first-order valence-electron chi connectivity index (χ1n) is 4.87. The molecular weight excluding hydrogens is 303 g/mol. The summed E-state index contributed by atoms with van der Waals surface area (Å²) in [5, 5.41) is 15.4. The lowest BCUT2D eigenvalue weighted by atomic mass is 10.3. The highest BCUT2D eigenvalue weighted by molar-refractivity contribution is 9.10. The van der Waals surface area contributed by atoms with E-state index < -0.39 is 18.8 Å². The summed E-state index contributed by atoms with van der Waals surface area (Å²) in [7, 11) is 1.70. The molecule has 0 spiro atoms. The quantitative estimate of drug-likeness (QED) is 0.885. The van der Waals surface area contributed by atoms with Gasteiger partial charge in [-0.25, -0.2) is 0 Å². The van der Waals surface area contributed by atoms with Crippen LogP contribution in [0.25, 0.3) is 0 Å². The van der Waals surface area contributed by atoms with Crippen molar-refractivity contribution in [2.24, 2.45) is 7.05 Å². The Bertz CT molecular complexity index is 392. The van der Waals surface area contributed by atoms with Gasteiger partial charge in [-0.3, -0.25) is 4.68 Å². The molecule has 0 aromatic carbocycles. The smallest absolute Gasteiger partial charge is 0.382 e. The summed E-state index contributed by atoms with van der Waals surface area (Å²) >= 11 is 3.30. The molecule has 1 unspecified atom stereocenters. The summed E-state index contributed by atoms with van der Waals surface area (Å²) in [5.74, 6) is 0. The van der Waals surface area contributed by atoms with Crippen LogP contribution in [0.4, 0.5) is 13.2 Å². The molecular formula is C9H13BrF3N3O. The zero-order valence-electron chi connectivity index (χ0n) is 9.35. The topological polar surface area (TPSA) is 50.1 Å². The van der Waals surface area contributed by atoms with Gasteiger partial charge in [0.2, 0.25) is 0 Å². The number of hydrogen-bond donors (Lipinski definition) is 2. The Morgan fingerprint density at radius 1 is 1.53 bits per heavy atom. The van der Waals surface area contributed by atoms with Crippen molar-refractivity contribution in [3.63, 3.8) is 0 Å². The maximum Gasteiger partial charge on any atom is 0.415 e. The van der Waals surface area contributed by atoms with Crippen LogP contribution in [0.3, 0.4) is 0 Å². The number of aryl methyl sites for hydroxylation is 2. The second-order valence-electron chi connectivity index (χ2n) is 3.66. The van der Waals surface area contributed by atoms with Crippen LogP contribution in [0.1, 0.15) is 11.4 Å². The fourth-order valence-electron chi connectivity index (χ4n) is 1.32. The van der Waals surface area contributed by atoms with E-state index in [-0.39, 0.29) is 6.54 Å². The monoisotopic (exact) mass is 315 g/mol. The summed E-state index contributed by atoms with van der Waals surface area (Å²) in [6, 6.07) is 0. The van der Waals surface area contributed by atoms with E-state index in [2.05, 4.69) is 26.3 Å². The predicted molar refractivity (Wildman–Crippen MR) is 59.4 cm³/mol. The molecule has 0 radical (unpaired) electrons. The van der Waals surface area contributed by atoms with Crippen molar-refractivity contribution in [3.05, 3.63) is 15.9 Å². The Morgan fingerprint density at radius 2 is 2.12 bits per heavy atom. The number of aliphatic hydroxyl groups excluding tert-OH is 1. The Morgan fingerprint density at radius 3 is 2.53 bits per heavy atom. The van der Waals surface area contributed by atoms with Gasteiger partial charge in [0.05, 0.1) is 15.9 Å². The Balaban J connectivity index is 2.52. The predicted octanol–water partition coefficient (Wildman–Crippen LogP) is 1.50. The van der Waals surface area contributed by atoms with Crippen molar-refractivity contribution in [2.45, 2.75) is 25.7 Å². The van der Waals surface area contributed by atoms with Crippen LogP contribution in [0.5, 0.6) is 0 Å². The van der Waals surface area contributed by atoms with Crippen molar-refractivity contribution in [1.29, 1.82) is 0 Å². The number of rotatable bonds is 4. The molecule has 0 aliphatic heterocycles. The molecule has 98 valence electrons. The Labute approximate surface area is 105 Å². The summed E-state index contributed by atoms with van der Waals surface area (Å²) in [4.78, 5) is 0. The fraction of sp³-hybridized carbons (Fsp3) is 0.667. The molecule has 0 aliphatic carbocycles. The van der Waals surface area contributed by atoms with Crippen molar-refractivity contribution < 1.29 is 18.3 Å². The van der Waals surface area contributed by atoms with E-state index in [1.165, 1.54) is 0 Å². The minimum Gasteiger partial charge on any atom is -0.382 e. The standard InChI is InChI=1S/C9H13BrF3N3O/c1-5-8(10)6(16(2)15-5)3-14-4-7(17)9(11,12)13/h7,14,17H,3-4H2,1-2H3. The Kier molecular flexibility index (Phi) is 4.56. The number of nitrogens with one attached hydrogen (secondary N) is 1. The SMILES string of the molecule is Cc1nn(C)c(CNCC(O)C(F)(F)F)c1Br. The normalized spacial score (nSPS) is 14.1. The zero-order valence-corrected chi connectivity index (χ0v) is 10.9. The van der Waals surface area contributed by atoms with Gasteiger partial charge < -0.3 is 10.4 Å². The van der Waals surface area contributed by atoms with Gasteiger partial charge in [-0.15, -0.1) is 0 Å². The summed E-state index contributed by atoms with van der Waals surface area (Å²) in [6.45, 7) is 1.45. The molecule has 1 atom stereocenters. The van der Waals surface area contributed by atoms with E-state index in [0.29, 0.717) is 0 Å². The highest BCUT2D eigenvalue weighted by Crippen LogP contribution is 2.21. The number of alkyl halides is 3. The number of aromatic nitrogens is 2. The first-order chi connectivity index (χ1) is 7.73. The maximum absolute atomic E-state index is 12.0. The van der Waals surface area contributed by atoms with Crippen LogP contribution in [-0.2, 0) is 13.6 Å². The molecule has 8 heteroatoms. The van der Waals surface area contributed by atoms with Crippen LogP contribution in [-0.4, -0.2) is 33.7 Å². The van der Waals surface area contributed by atoms with Crippen LogP contribution >= 0.6 is 15.9 Å². The number of nitrogens with zero attached hydrogens (tertiary/aromatic N) is 2. The maximum atomic E-state index is 12.0. The fourth-order valence-corrected chi connectivity index (χ4v) is 1.79. The average molecular weight is 316 g/mol. The zero-order chi connectivity index (χ0) is 13.2. The number of aliphatic hydroxyl groups is 1. The third-order valence-corrected chi connectivity index (χ3v) is 3.30. The third-order valence-electron chi connectivity index (χ3n) is 2.27. The van der Waals surface area contributed by atoms with E-state index >= 15 is 0 Å². The van der Waals surface area contributed by atoms with Crippen LogP contribution in [0, 0.1) is 6.92 Å². The van der Waals surface area contributed by atoms with Gasteiger partial charge in [0, 0.05) is 20.1 Å². The van der Waals surface area contributed by atoms with Crippen molar-refractivity contribution in [2.75, 3.05) is 6.54 Å². The molecule has 0 fully saturated rings. The van der Waals surface area contributed by atoms with Gasteiger partial charge in [0.15, 0.2) is 6.10 Å². The van der Waals surface area contributed by atoms with Gasteiger partial charge in [-0.05, 0) is 22.9 Å². The molecule has 0 amide bonds. The lowest BCUT2D eigenvalue weighted by molar-refractivity contribution is -0.201. The molecule has 0 saturated heterocycles.